The third-order valence-corrected chi connectivity index (χ3v) is 3.50. The Morgan fingerprint density at radius 3 is 2.60 bits per heavy atom. The maximum Gasteiger partial charge on any atom is 0.162 e. The third-order valence-electron chi connectivity index (χ3n) is 1.52. The molecular formula is C5H9NO3S. The zero-order valence-electron chi connectivity index (χ0n) is 5.41. The quantitative estimate of drug-likeness (QED) is 0.481. The lowest BCUT2D eigenvalue weighted by Crippen LogP contribution is -2.44. The van der Waals surface area contributed by atoms with E-state index in [4.69, 9.17) is 0 Å². The molecule has 10 heavy (non-hydrogen) atoms. The molecule has 0 saturated carbocycles. The van der Waals surface area contributed by atoms with Crippen molar-refractivity contribution in [1.82, 2.24) is 5.32 Å². The summed E-state index contributed by atoms with van der Waals surface area (Å²) in [6, 6.07) is 0. The van der Waals surface area contributed by atoms with Gasteiger partial charge in [0, 0.05) is 13.1 Å². The predicted molar refractivity (Wildman–Crippen MR) is 36.5 cm³/mol. The van der Waals surface area contributed by atoms with Crippen LogP contribution in [-0.4, -0.2) is 38.8 Å². The molecule has 4 nitrogen and oxygen atoms in total. The molecule has 1 aliphatic heterocycles. The van der Waals surface area contributed by atoms with Crippen LogP contribution in [0.2, 0.25) is 0 Å². The van der Waals surface area contributed by atoms with E-state index >= 15 is 0 Å². The first-order valence-electron chi connectivity index (χ1n) is 3.04. The normalized spacial score (nSPS) is 31.4. The van der Waals surface area contributed by atoms with Crippen molar-refractivity contribution < 1.29 is 13.2 Å². The first-order chi connectivity index (χ1) is 4.67. The van der Waals surface area contributed by atoms with E-state index in [1.807, 2.05) is 0 Å². The van der Waals surface area contributed by atoms with E-state index in [0.29, 0.717) is 12.8 Å². The molecule has 1 atom stereocenters. The number of hydrogen-bond donors (Lipinski definition) is 1. The molecule has 0 aliphatic carbocycles. The van der Waals surface area contributed by atoms with E-state index in [1.54, 1.807) is 0 Å². The lowest BCUT2D eigenvalue weighted by atomic mass is 10.4. The maximum absolute atomic E-state index is 10.9. The van der Waals surface area contributed by atoms with Gasteiger partial charge >= 0.3 is 0 Å². The van der Waals surface area contributed by atoms with Gasteiger partial charge in [-0.1, -0.05) is 0 Å². The minimum atomic E-state index is -3.10. The van der Waals surface area contributed by atoms with E-state index in [9.17, 15) is 13.2 Å². The zero-order chi connectivity index (χ0) is 7.61. The van der Waals surface area contributed by atoms with Gasteiger partial charge in [0.05, 0.1) is 5.75 Å². The van der Waals surface area contributed by atoms with Gasteiger partial charge in [-0.25, -0.2) is 8.42 Å². The fourth-order valence-corrected chi connectivity index (χ4v) is 2.14. The summed E-state index contributed by atoms with van der Waals surface area (Å²) >= 11 is 0. The van der Waals surface area contributed by atoms with Crippen molar-refractivity contribution in [2.24, 2.45) is 0 Å². The molecule has 1 rings (SSSR count). The Balaban J connectivity index is 2.79. The van der Waals surface area contributed by atoms with E-state index in [1.165, 1.54) is 0 Å². The molecule has 0 aromatic rings. The number of nitrogens with one attached hydrogen (secondary N) is 1. The van der Waals surface area contributed by atoms with Gasteiger partial charge in [0.1, 0.15) is 11.5 Å². The van der Waals surface area contributed by atoms with Crippen LogP contribution in [-0.2, 0) is 14.6 Å². The van der Waals surface area contributed by atoms with Crippen molar-refractivity contribution in [3.63, 3.8) is 0 Å². The van der Waals surface area contributed by atoms with Gasteiger partial charge in [-0.3, -0.25) is 0 Å². The molecule has 1 aliphatic rings. The number of aldehydes is 1. The van der Waals surface area contributed by atoms with Crippen molar-refractivity contribution in [2.75, 3.05) is 18.8 Å². The van der Waals surface area contributed by atoms with Crippen LogP contribution in [0.3, 0.4) is 0 Å². The molecule has 1 fully saturated rings. The first kappa shape index (κ1) is 7.68. The van der Waals surface area contributed by atoms with Gasteiger partial charge < -0.3 is 10.1 Å². The first-order valence-corrected chi connectivity index (χ1v) is 4.76. The minimum Gasteiger partial charge on any atom is -0.314 e. The molecule has 0 radical (unpaired) electrons. The summed E-state index contributed by atoms with van der Waals surface area (Å²) < 4.78 is 21.9. The summed E-state index contributed by atoms with van der Waals surface area (Å²) in [6.07, 6.45) is 0.488. The number of carbonyl (C=O) groups is 1. The molecule has 0 aromatic heterocycles. The molecule has 5 heteroatoms. The molecule has 58 valence electrons. The van der Waals surface area contributed by atoms with Crippen molar-refractivity contribution in [2.45, 2.75) is 5.25 Å². The van der Waals surface area contributed by atoms with Crippen LogP contribution >= 0.6 is 0 Å². The second-order valence-electron chi connectivity index (χ2n) is 2.25. The standard InChI is InChI=1S/C5H9NO3S/c7-4-5-3-6-1-2-10(5,8)9/h4-6H,1-3H2. The fourth-order valence-electron chi connectivity index (χ4n) is 0.870. The highest BCUT2D eigenvalue weighted by molar-refractivity contribution is 7.92. The molecule has 0 amide bonds. The van der Waals surface area contributed by atoms with E-state index in [0.717, 1.165) is 0 Å². The fraction of sp³-hybridized carbons (Fsp3) is 0.800. The topological polar surface area (TPSA) is 63.2 Å². The minimum absolute atomic E-state index is 0.0798. The lowest BCUT2D eigenvalue weighted by molar-refractivity contribution is -0.107. The van der Waals surface area contributed by atoms with Gasteiger partial charge in [0.15, 0.2) is 9.84 Å². The van der Waals surface area contributed by atoms with Gasteiger partial charge in [0.25, 0.3) is 0 Å². The summed E-state index contributed by atoms with van der Waals surface area (Å²) in [5, 5.41) is 2.01. The van der Waals surface area contributed by atoms with Gasteiger partial charge in [-0.05, 0) is 0 Å². The second-order valence-corrected chi connectivity index (χ2v) is 4.59. The highest BCUT2D eigenvalue weighted by atomic mass is 32.2. The smallest absolute Gasteiger partial charge is 0.162 e. The predicted octanol–water partition coefficient (Wildman–Crippen LogP) is -1.43. The van der Waals surface area contributed by atoms with Crippen LogP contribution in [0.25, 0.3) is 0 Å². The van der Waals surface area contributed by atoms with Crippen LogP contribution in [0.4, 0.5) is 0 Å². The van der Waals surface area contributed by atoms with E-state index in [2.05, 4.69) is 5.32 Å². The monoisotopic (exact) mass is 163 g/mol. The van der Waals surface area contributed by atoms with Crippen LogP contribution in [0, 0.1) is 0 Å². The Kier molecular flexibility index (Phi) is 2.05. The molecule has 1 heterocycles. The SMILES string of the molecule is O=CC1CNCCS1(=O)=O. The lowest BCUT2D eigenvalue weighted by Gasteiger charge is -2.17. The largest absolute Gasteiger partial charge is 0.314 e. The van der Waals surface area contributed by atoms with Gasteiger partial charge in [-0.15, -0.1) is 0 Å². The Hall–Kier alpha value is -0.420. The zero-order valence-corrected chi connectivity index (χ0v) is 6.23. The van der Waals surface area contributed by atoms with Crippen molar-refractivity contribution >= 4 is 16.1 Å². The van der Waals surface area contributed by atoms with E-state index < -0.39 is 15.1 Å². The molecule has 1 N–H and O–H groups in total. The van der Waals surface area contributed by atoms with Crippen molar-refractivity contribution in [1.29, 1.82) is 0 Å². The molecule has 0 bridgehead atoms. The van der Waals surface area contributed by atoms with Crippen LogP contribution in [0.15, 0.2) is 0 Å². The van der Waals surface area contributed by atoms with Crippen molar-refractivity contribution in [3.05, 3.63) is 0 Å². The van der Waals surface area contributed by atoms with E-state index in [-0.39, 0.29) is 12.3 Å². The highest BCUT2D eigenvalue weighted by Crippen LogP contribution is 2.02. The van der Waals surface area contributed by atoms with Crippen LogP contribution in [0.1, 0.15) is 0 Å². The molecular weight excluding hydrogens is 154 g/mol. The second kappa shape index (κ2) is 2.67. The van der Waals surface area contributed by atoms with Gasteiger partial charge in [0.2, 0.25) is 0 Å². The Morgan fingerprint density at radius 1 is 1.50 bits per heavy atom. The summed E-state index contributed by atoms with van der Waals surface area (Å²) in [5.41, 5.74) is 0. The average molecular weight is 163 g/mol. The van der Waals surface area contributed by atoms with Crippen LogP contribution < -0.4 is 5.32 Å². The summed E-state index contributed by atoms with van der Waals surface area (Å²) in [7, 11) is -3.10. The third kappa shape index (κ3) is 1.35. The number of rotatable bonds is 1. The number of carbonyl (C=O) groups excluding carboxylic acids is 1. The number of sulfone groups is 1. The van der Waals surface area contributed by atoms with Crippen LogP contribution in [0.5, 0.6) is 0 Å². The molecule has 1 saturated heterocycles. The summed E-state index contributed by atoms with van der Waals surface area (Å²) in [4.78, 5) is 10.2. The Morgan fingerprint density at radius 2 is 2.20 bits per heavy atom. The van der Waals surface area contributed by atoms with Crippen molar-refractivity contribution in [3.8, 4) is 0 Å². The molecule has 0 spiro atoms. The Bertz CT molecular complexity index is 221. The summed E-state index contributed by atoms with van der Waals surface area (Å²) in [6.45, 7) is 0.735. The number of hydrogen-bond acceptors (Lipinski definition) is 4. The van der Waals surface area contributed by atoms with Gasteiger partial charge in [-0.2, -0.15) is 0 Å². The summed E-state index contributed by atoms with van der Waals surface area (Å²) in [5.74, 6) is 0.0798. The molecule has 1 unspecified atom stereocenters. The average Bonchev–Trinajstić information content (AvgIpc) is 1.87. The Labute approximate surface area is 59.5 Å². The molecule has 0 aromatic carbocycles. The highest BCUT2D eigenvalue weighted by Gasteiger charge is 2.27. The maximum atomic E-state index is 10.9.